The third kappa shape index (κ3) is 4.55. The smallest absolute Gasteiger partial charge is 0.180 e. The van der Waals surface area contributed by atoms with Crippen LogP contribution < -0.4 is 0 Å². The van der Waals surface area contributed by atoms with Gasteiger partial charge >= 0.3 is 0 Å². The van der Waals surface area contributed by atoms with Crippen LogP contribution in [-0.4, -0.2) is 18.9 Å². The van der Waals surface area contributed by atoms with E-state index in [2.05, 4.69) is 185 Å². The van der Waals surface area contributed by atoms with E-state index in [0.717, 1.165) is 44.4 Å². The molecule has 0 unspecified atom stereocenters. The van der Waals surface area contributed by atoms with Crippen molar-refractivity contribution in [3.8, 4) is 39.5 Å². The van der Waals surface area contributed by atoms with Gasteiger partial charge in [-0.3, -0.25) is 0 Å². The minimum absolute atomic E-state index is 0.657. The zero-order chi connectivity index (χ0) is 39.8. The SMILES string of the molecule is c1ccc(-c2ccc3c(c2)c2cc4c5ccccc5n(-c5ccc(-c6nc(-c7ccc8ccccc8c7)c7oc8ccccc8c7n6)cc5)c4c4c5ccccc5n3c24)cc1. The largest absolute Gasteiger partial charge is 0.452 e. The summed E-state index contributed by atoms with van der Waals surface area (Å²) < 4.78 is 11.4. The lowest BCUT2D eigenvalue weighted by molar-refractivity contribution is 0.667. The number of rotatable bonds is 4. The van der Waals surface area contributed by atoms with E-state index in [1.165, 1.54) is 76.4 Å². The van der Waals surface area contributed by atoms with Crippen molar-refractivity contribution in [1.82, 2.24) is 18.9 Å². The monoisotopic (exact) mass is 776 g/mol. The Balaban J connectivity index is 1.00. The third-order valence-corrected chi connectivity index (χ3v) is 12.8. The first-order chi connectivity index (χ1) is 30.2. The molecule has 0 aliphatic heterocycles. The Labute approximate surface area is 348 Å². The van der Waals surface area contributed by atoms with Crippen LogP contribution in [0, 0.1) is 0 Å². The van der Waals surface area contributed by atoms with E-state index in [0.29, 0.717) is 11.4 Å². The van der Waals surface area contributed by atoms with Crippen LogP contribution in [0.25, 0.3) is 132 Å². The van der Waals surface area contributed by atoms with E-state index in [4.69, 9.17) is 14.4 Å². The molecule has 0 N–H and O–H groups in total. The maximum Gasteiger partial charge on any atom is 0.180 e. The maximum absolute atomic E-state index is 6.49. The van der Waals surface area contributed by atoms with Crippen LogP contribution in [0.3, 0.4) is 0 Å². The Morgan fingerprint density at radius 2 is 1.07 bits per heavy atom. The average Bonchev–Trinajstić information content (AvgIpc) is 4.07. The number of nitrogens with zero attached hydrogens (tertiary/aromatic N) is 4. The van der Waals surface area contributed by atoms with Gasteiger partial charge in [0.1, 0.15) is 16.8 Å². The molecule has 0 aliphatic carbocycles. The molecule has 0 saturated carbocycles. The second-order valence-electron chi connectivity index (χ2n) is 16.1. The zero-order valence-corrected chi connectivity index (χ0v) is 32.7. The van der Waals surface area contributed by atoms with Crippen LogP contribution in [0.4, 0.5) is 0 Å². The second-order valence-corrected chi connectivity index (χ2v) is 16.1. The molecule has 0 radical (unpaired) electrons. The van der Waals surface area contributed by atoms with Gasteiger partial charge in [-0.05, 0) is 94.7 Å². The number of aromatic nitrogens is 4. The predicted molar refractivity (Wildman–Crippen MR) is 252 cm³/mol. The topological polar surface area (TPSA) is 48.3 Å². The van der Waals surface area contributed by atoms with E-state index in [9.17, 15) is 0 Å². The first-order valence-electron chi connectivity index (χ1n) is 20.7. The number of furan rings is 1. The van der Waals surface area contributed by atoms with Gasteiger partial charge < -0.3 is 13.4 Å². The van der Waals surface area contributed by atoms with Gasteiger partial charge in [0.15, 0.2) is 11.4 Å². The first kappa shape index (κ1) is 32.7. The molecule has 0 saturated heterocycles. The fourth-order valence-electron chi connectivity index (χ4n) is 10.1. The standard InChI is InChI=1S/C56H32N4O/c1-2-12-33(13-3-1)37-26-29-48-43(31-37)45-32-44-40-16-6-9-19-46(40)59(53(44)50-41-17-7-10-20-47(41)60(48)54(45)50)39-27-24-35(25-28-39)56-57-51(38-23-22-34-14-4-5-15-36(34)30-38)55-52(58-56)42-18-8-11-21-49(42)61-55/h1-32H. The molecule has 5 heteroatoms. The van der Waals surface area contributed by atoms with Crippen LogP contribution in [0.15, 0.2) is 199 Å². The lowest BCUT2D eigenvalue weighted by Crippen LogP contribution is -1.96. The van der Waals surface area contributed by atoms with Crippen molar-refractivity contribution in [3.05, 3.63) is 194 Å². The van der Waals surface area contributed by atoms with Crippen molar-refractivity contribution in [1.29, 1.82) is 0 Å². The molecule has 5 aromatic heterocycles. The number of fused-ring (bicyclic) bond motifs is 14. The summed E-state index contributed by atoms with van der Waals surface area (Å²) in [4.78, 5) is 10.5. The fourth-order valence-corrected chi connectivity index (χ4v) is 10.1. The Morgan fingerprint density at radius 1 is 0.393 bits per heavy atom. The molecule has 9 aromatic carbocycles. The second kappa shape index (κ2) is 12.1. The van der Waals surface area contributed by atoms with Gasteiger partial charge in [0.05, 0.1) is 27.6 Å². The molecular formula is C56H32N4O. The Morgan fingerprint density at radius 3 is 1.93 bits per heavy atom. The summed E-state index contributed by atoms with van der Waals surface area (Å²) in [6.07, 6.45) is 0. The zero-order valence-electron chi connectivity index (χ0n) is 32.7. The van der Waals surface area contributed by atoms with Gasteiger partial charge in [-0.2, -0.15) is 0 Å². The summed E-state index contributed by atoms with van der Waals surface area (Å²) in [5, 5.41) is 10.8. The first-order valence-corrected chi connectivity index (χ1v) is 20.7. The molecule has 0 spiro atoms. The van der Waals surface area contributed by atoms with Crippen molar-refractivity contribution < 1.29 is 4.42 Å². The van der Waals surface area contributed by atoms with E-state index in [-0.39, 0.29) is 0 Å². The summed E-state index contributed by atoms with van der Waals surface area (Å²) in [7, 11) is 0. The van der Waals surface area contributed by atoms with Gasteiger partial charge in [0, 0.05) is 54.5 Å². The van der Waals surface area contributed by atoms with E-state index in [1.54, 1.807) is 0 Å². The molecule has 0 aliphatic rings. The van der Waals surface area contributed by atoms with Gasteiger partial charge in [0.25, 0.3) is 0 Å². The number of para-hydroxylation sites is 3. The van der Waals surface area contributed by atoms with E-state index < -0.39 is 0 Å². The van der Waals surface area contributed by atoms with Gasteiger partial charge in [-0.1, -0.05) is 121 Å². The van der Waals surface area contributed by atoms with Crippen molar-refractivity contribution >= 4 is 92.7 Å². The highest BCUT2D eigenvalue weighted by Crippen LogP contribution is 2.47. The third-order valence-electron chi connectivity index (χ3n) is 12.8. The summed E-state index contributed by atoms with van der Waals surface area (Å²) in [6.45, 7) is 0. The predicted octanol–water partition coefficient (Wildman–Crippen LogP) is 14.8. The van der Waals surface area contributed by atoms with Gasteiger partial charge in [-0.15, -0.1) is 0 Å². The minimum atomic E-state index is 0.657. The molecule has 282 valence electrons. The Bertz CT molecular complexity index is 4100. The van der Waals surface area contributed by atoms with Crippen molar-refractivity contribution in [2.45, 2.75) is 0 Å². The van der Waals surface area contributed by atoms with Crippen LogP contribution in [0.2, 0.25) is 0 Å². The quantitative estimate of drug-likeness (QED) is 0.179. The number of hydrogen-bond acceptors (Lipinski definition) is 3. The molecule has 5 nitrogen and oxygen atoms in total. The van der Waals surface area contributed by atoms with Crippen LogP contribution in [0.5, 0.6) is 0 Å². The lowest BCUT2D eigenvalue weighted by atomic mass is 10.00. The molecule has 61 heavy (non-hydrogen) atoms. The molecule has 0 bridgehead atoms. The highest BCUT2D eigenvalue weighted by molar-refractivity contribution is 6.34. The summed E-state index contributed by atoms with van der Waals surface area (Å²) in [6, 6.07) is 69.5. The summed E-state index contributed by atoms with van der Waals surface area (Å²) >= 11 is 0. The van der Waals surface area contributed by atoms with E-state index in [1.807, 2.05) is 18.2 Å². The Kier molecular flexibility index (Phi) is 6.49. The molecular weight excluding hydrogens is 745 g/mol. The summed E-state index contributed by atoms with van der Waals surface area (Å²) in [5.41, 5.74) is 14.6. The average molecular weight is 777 g/mol. The molecule has 0 atom stereocenters. The molecule has 14 rings (SSSR count). The van der Waals surface area contributed by atoms with Crippen molar-refractivity contribution in [2.75, 3.05) is 0 Å². The fraction of sp³-hybridized carbons (Fsp3) is 0. The number of benzene rings is 9. The normalized spacial score (nSPS) is 12.3. The van der Waals surface area contributed by atoms with Crippen LogP contribution >= 0.6 is 0 Å². The maximum atomic E-state index is 6.49. The van der Waals surface area contributed by atoms with Crippen molar-refractivity contribution in [2.24, 2.45) is 0 Å². The van der Waals surface area contributed by atoms with Gasteiger partial charge in [0.2, 0.25) is 0 Å². The number of hydrogen-bond donors (Lipinski definition) is 0. The molecule has 0 amide bonds. The van der Waals surface area contributed by atoms with E-state index >= 15 is 0 Å². The molecule has 0 fully saturated rings. The summed E-state index contributed by atoms with van der Waals surface area (Å²) in [5.74, 6) is 0.657. The lowest BCUT2D eigenvalue weighted by Gasteiger charge is -2.11. The highest BCUT2D eigenvalue weighted by atomic mass is 16.3. The molecule has 5 heterocycles. The Hall–Kier alpha value is -8.28. The van der Waals surface area contributed by atoms with Crippen LogP contribution in [-0.2, 0) is 0 Å². The van der Waals surface area contributed by atoms with Crippen molar-refractivity contribution in [3.63, 3.8) is 0 Å². The molecule has 14 aromatic rings. The highest BCUT2D eigenvalue weighted by Gasteiger charge is 2.25. The van der Waals surface area contributed by atoms with Crippen LogP contribution in [0.1, 0.15) is 0 Å². The minimum Gasteiger partial charge on any atom is -0.452 e. The van der Waals surface area contributed by atoms with Gasteiger partial charge in [-0.25, -0.2) is 9.97 Å².